The van der Waals surface area contributed by atoms with Gasteiger partial charge in [0.2, 0.25) is 0 Å². The molecular formula is C16H17F2N3O. The Kier molecular flexibility index (Phi) is 5.30. The van der Waals surface area contributed by atoms with Crippen LogP contribution in [-0.2, 0) is 6.54 Å². The van der Waals surface area contributed by atoms with Gasteiger partial charge in [0.1, 0.15) is 5.75 Å². The highest BCUT2D eigenvalue weighted by Gasteiger charge is 2.09. The largest absolute Gasteiger partial charge is 0.434 e. The Morgan fingerprint density at radius 2 is 1.95 bits per heavy atom. The minimum atomic E-state index is -2.87. The molecule has 0 aliphatic heterocycles. The van der Waals surface area contributed by atoms with E-state index in [1.807, 2.05) is 37.3 Å². The average Bonchev–Trinajstić information content (AvgIpc) is 2.48. The number of aliphatic imine (C=N–C) groups is 1. The first-order valence-corrected chi connectivity index (χ1v) is 6.71. The highest BCUT2D eigenvalue weighted by molar-refractivity contribution is 5.92. The van der Waals surface area contributed by atoms with Crippen LogP contribution in [0.25, 0.3) is 0 Å². The summed E-state index contributed by atoms with van der Waals surface area (Å²) in [6.07, 6.45) is 0. The lowest BCUT2D eigenvalue weighted by atomic mass is 10.1. The molecule has 0 spiro atoms. The monoisotopic (exact) mass is 305 g/mol. The summed E-state index contributed by atoms with van der Waals surface area (Å²) in [6.45, 7) is -0.856. The summed E-state index contributed by atoms with van der Waals surface area (Å²) in [5.41, 5.74) is 8.08. The molecule has 3 N–H and O–H groups in total. The van der Waals surface area contributed by atoms with Crippen LogP contribution in [-0.4, -0.2) is 12.6 Å². The Morgan fingerprint density at radius 3 is 2.64 bits per heavy atom. The van der Waals surface area contributed by atoms with Crippen LogP contribution < -0.4 is 15.8 Å². The number of halogens is 2. The van der Waals surface area contributed by atoms with Gasteiger partial charge in [-0.1, -0.05) is 35.9 Å². The summed E-state index contributed by atoms with van der Waals surface area (Å²) < 4.78 is 29.3. The third-order valence-corrected chi connectivity index (χ3v) is 2.90. The van der Waals surface area contributed by atoms with Crippen molar-refractivity contribution in [1.29, 1.82) is 0 Å². The Labute approximate surface area is 127 Å². The van der Waals surface area contributed by atoms with E-state index >= 15 is 0 Å². The van der Waals surface area contributed by atoms with Crippen LogP contribution in [0, 0.1) is 6.92 Å². The molecule has 0 bridgehead atoms. The van der Waals surface area contributed by atoms with E-state index in [1.165, 1.54) is 6.07 Å². The quantitative estimate of drug-likeness (QED) is 0.656. The number of rotatable bonds is 5. The zero-order valence-electron chi connectivity index (χ0n) is 12.1. The molecule has 116 valence electrons. The molecule has 0 fully saturated rings. The summed E-state index contributed by atoms with van der Waals surface area (Å²) >= 11 is 0. The van der Waals surface area contributed by atoms with Crippen molar-refractivity contribution in [2.45, 2.75) is 20.1 Å². The van der Waals surface area contributed by atoms with Crippen molar-refractivity contribution in [3.63, 3.8) is 0 Å². The number of para-hydroxylation sites is 1. The van der Waals surface area contributed by atoms with Crippen molar-refractivity contribution in [3.8, 4) is 5.75 Å². The molecule has 0 aliphatic carbocycles. The normalized spacial score (nSPS) is 11.5. The van der Waals surface area contributed by atoms with Gasteiger partial charge in [-0.3, -0.25) is 0 Å². The van der Waals surface area contributed by atoms with Crippen LogP contribution in [0.3, 0.4) is 0 Å². The molecule has 0 aliphatic rings. The van der Waals surface area contributed by atoms with Crippen LogP contribution in [0.15, 0.2) is 53.5 Å². The Morgan fingerprint density at radius 1 is 1.23 bits per heavy atom. The van der Waals surface area contributed by atoms with Gasteiger partial charge in [0, 0.05) is 11.3 Å². The van der Waals surface area contributed by atoms with E-state index < -0.39 is 6.61 Å². The van der Waals surface area contributed by atoms with Crippen molar-refractivity contribution in [1.82, 2.24) is 0 Å². The molecule has 0 atom stereocenters. The molecule has 0 radical (unpaired) electrons. The number of nitrogens with two attached hydrogens (primary N) is 1. The Hall–Kier alpha value is -2.63. The molecule has 0 aromatic heterocycles. The van der Waals surface area contributed by atoms with Gasteiger partial charge in [-0.25, -0.2) is 4.99 Å². The SMILES string of the molecule is Cc1ccc(OC(F)F)c(CN=C(N)Nc2ccccc2)c1. The Bertz CT molecular complexity index is 645. The van der Waals surface area contributed by atoms with Crippen LogP contribution >= 0.6 is 0 Å². The van der Waals surface area contributed by atoms with Crippen LogP contribution in [0.4, 0.5) is 14.5 Å². The summed E-state index contributed by atoms with van der Waals surface area (Å²) in [4.78, 5) is 4.16. The van der Waals surface area contributed by atoms with Gasteiger partial charge in [0.15, 0.2) is 5.96 Å². The third-order valence-electron chi connectivity index (χ3n) is 2.90. The minimum Gasteiger partial charge on any atom is -0.434 e. The van der Waals surface area contributed by atoms with Crippen LogP contribution in [0.5, 0.6) is 5.75 Å². The van der Waals surface area contributed by atoms with Crippen molar-refractivity contribution in [2.75, 3.05) is 5.32 Å². The summed E-state index contributed by atoms with van der Waals surface area (Å²) in [5, 5.41) is 2.93. The number of nitrogens with one attached hydrogen (secondary N) is 1. The summed E-state index contributed by atoms with van der Waals surface area (Å²) in [5.74, 6) is 0.313. The summed E-state index contributed by atoms with van der Waals surface area (Å²) in [6, 6.07) is 14.3. The topological polar surface area (TPSA) is 59.6 Å². The number of nitrogens with zero attached hydrogens (tertiary/aromatic N) is 1. The van der Waals surface area contributed by atoms with Gasteiger partial charge >= 0.3 is 6.61 Å². The molecule has 0 saturated heterocycles. The molecule has 2 aromatic rings. The first-order valence-electron chi connectivity index (χ1n) is 6.71. The van der Waals surface area contributed by atoms with E-state index in [0.717, 1.165) is 11.3 Å². The lowest BCUT2D eigenvalue weighted by Crippen LogP contribution is -2.22. The minimum absolute atomic E-state index is 0.108. The molecule has 6 heteroatoms. The van der Waals surface area contributed by atoms with E-state index in [9.17, 15) is 8.78 Å². The van der Waals surface area contributed by atoms with Gasteiger partial charge in [0.05, 0.1) is 6.54 Å². The van der Waals surface area contributed by atoms with E-state index in [1.54, 1.807) is 12.1 Å². The van der Waals surface area contributed by atoms with Gasteiger partial charge in [-0.2, -0.15) is 8.78 Å². The smallest absolute Gasteiger partial charge is 0.387 e. The maximum Gasteiger partial charge on any atom is 0.387 e. The van der Waals surface area contributed by atoms with Gasteiger partial charge in [0.25, 0.3) is 0 Å². The Balaban J connectivity index is 2.09. The highest BCUT2D eigenvalue weighted by Crippen LogP contribution is 2.22. The van der Waals surface area contributed by atoms with E-state index in [2.05, 4.69) is 15.0 Å². The van der Waals surface area contributed by atoms with Gasteiger partial charge in [-0.05, 0) is 25.1 Å². The fourth-order valence-corrected chi connectivity index (χ4v) is 1.92. The van der Waals surface area contributed by atoms with E-state index in [0.29, 0.717) is 5.56 Å². The number of aryl methyl sites for hydroxylation is 1. The van der Waals surface area contributed by atoms with E-state index in [4.69, 9.17) is 5.73 Å². The molecule has 0 amide bonds. The second-order valence-corrected chi connectivity index (χ2v) is 4.68. The lowest BCUT2D eigenvalue weighted by Gasteiger charge is -2.11. The first-order chi connectivity index (χ1) is 10.5. The van der Waals surface area contributed by atoms with Gasteiger partial charge in [-0.15, -0.1) is 0 Å². The van der Waals surface area contributed by atoms with E-state index in [-0.39, 0.29) is 18.3 Å². The molecule has 0 heterocycles. The second-order valence-electron chi connectivity index (χ2n) is 4.68. The predicted octanol–water partition coefficient (Wildman–Crippen LogP) is 3.52. The van der Waals surface area contributed by atoms with Crippen LogP contribution in [0.1, 0.15) is 11.1 Å². The number of guanidine groups is 1. The molecular weight excluding hydrogens is 288 g/mol. The number of hydrogen-bond donors (Lipinski definition) is 2. The standard InChI is InChI=1S/C16H17F2N3O/c1-11-7-8-14(22-15(17)18)12(9-11)10-20-16(19)21-13-5-3-2-4-6-13/h2-9,15H,10H2,1H3,(H3,19,20,21). The second kappa shape index (κ2) is 7.40. The lowest BCUT2D eigenvalue weighted by molar-refractivity contribution is -0.0504. The highest BCUT2D eigenvalue weighted by atomic mass is 19.3. The summed E-state index contributed by atoms with van der Waals surface area (Å²) in [7, 11) is 0. The molecule has 22 heavy (non-hydrogen) atoms. The first kappa shape index (κ1) is 15.8. The molecule has 0 saturated carbocycles. The molecule has 2 aromatic carbocycles. The van der Waals surface area contributed by atoms with Gasteiger partial charge < -0.3 is 15.8 Å². The molecule has 2 rings (SSSR count). The van der Waals surface area contributed by atoms with Crippen molar-refractivity contribution in [3.05, 3.63) is 59.7 Å². The maximum atomic E-state index is 12.4. The zero-order chi connectivity index (χ0) is 15.9. The maximum absolute atomic E-state index is 12.4. The number of anilines is 1. The number of benzene rings is 2. The predicted molar refractivity (Wildman–Crippen MR) is 83.2 cm³/mol. The number of ether oxygens (including phenoxy) is 1. The molecule has 4 nitrogen and oxygen atoms in total. The van der Waals surface area contributed by atoms with Crippen molar-refractivity contribution < 1.29 is 13.5 Å². The number of alkyl halides is 2. The molecule has 0 unspecified atom stereocenters. The fourth-order valence-electron chi connectivity index (χ4n) is 1.92. The average molecular weight is 305 g/mol. The fraction of sp³-hybridized carbons (Fsp3) is 0.188. The van der Waals surface area contributed by atoms with Crippen molar-refractivity contribution in [2.24, 2.45) is 10.7 Å². The van der Waals surface area contributed by atoms with Crippen molar-refractivity contribution >= 4 is 11.6 Å². The third kappa shape index (κ3) is 4.73. The number of hydrogen-bond acceptors (Lipinski definition) is 2. The van der Waals surface area contributed by atoms with Crippen LogP contribution in [0.2, 0.25) is 0 Å². The zero-order valence-corrected chi connectivity index (χ0v) is 12.1.